The van der Waals surface area contributed by atoms with Crippen molar-refractivity contribution in [2.75, 3.05) is 20.4 Å². The van der Waals surface area contributed by atoms with Gasteiger partial charge < -0.3 is 14.2 Å². The Kier molecular flexibility index (Phi) is 5.93. The zero-order valence-electron chi connectivity index (χ0n) is 15.8. The number of carbonyl (C=O) groups is 3. The van der Waals surface area contributed by atoms with Gasteiger partial charge in [-0.15, -0.1) is 0 Å². The Morgan fingerprint density at radius 1 is 1.00 bits per heavy atom. The predicted molar refractivity (Wildman–Crippen MR) is 101 cm³/mol. The first-order chi connectivity index (χ1) is 13.6. The summed E-state index contributed by atoms with van der Waals surface area (Å²) in [6, 6.07) is 11.2. The highest BCUT2D eigenvalue weighted by atomic mass is 16.5. The molecule has 146 valence electrons. The number of benzene rings is 2. The van der Waals surface area contributed by atoms with Crippen LogP contribution in [0.3, 0.4) is 0 Å². The van der Waals surface area contributed by atoms with Gasteiger partial charge in [-0.3, -0.25) is 9.59 Å². The second kappa shape index (κ2) is 8.56. The molecule has 0 aromatic heterocycles. The van der Waals surface area contributed by atoms with E-state index in [1.54, 1.807) is 36.4 Å². The normalized spacial score (nSPS) is 12.7. The van der Waals surface area contributed by atoms with Crippen molar-refractivity contribution in [1.82, 2.24) is 4.90 Å². The Balaban J connectivity index is 1.65. The van der Waals surface area contributed by atoms with E-state index in [2.05, 4.69) is 6.92 Å². The fourth-order valence-corrected chi connectivity index (χ4v) is 2.80. The molecule has 7 heteroatoms. The third-order valence-corrected chi connectivity index (χ3v) is 4.36. The molecule has 1 aliphatic rings. The lowest BCUT2D eigenvalue weighted by atomic mass is 10.1. The Morgan fingerprint density at radius 2 is 1.68 bits per heavy atom. The first-order valence-corrected chi connectivity index (χ1v) is 9.00. The first kappa shape index (κ1) is 19.4. The van der Waals surface area contributed by atoms with Crippen molar-refractivity contribution in [1.29, 1.82) is 0 Å². The Morgan fingerprint density at radius 3 is 2.29 bits per heavy atom. The lowest BCUT2D eigenvalue weighted by Crippen LogP contribution is -2.33. The lowest BCUT2D eigenvalue weighted by molar-refractivity contribution is 0.0228. The fraction of sp³-hybridized carbons (Fsp3) is 0.286. The van der Waals surface area contributed by atoms with Crippen molar-refractivity contribution in [2.45, 2.75) is 19.8 Å². The SMILES string of the molecule is CCCCOc1ccc(C(=O)OCN2C(=O)c3ccccc3C2=O)cc1OC. The van der Waals surface area contributed by atoms with Crippen molar-refractivity contribution < 1.29 is 28.6 Å². The minimum absolute atomic E-state index is 0.233. The molecule has 28 heavy (non-hydrogen) atoms. The summed E-state index contributed by atoms with van der Waals surface area (Å²) in [5.41, 5.74) is 0.842. The van der Waals surface area contributed by atoms with E-state index in [4.69, 9.17) is 14.2 Å². The van der Waals surface area contributed by atoms with Crippen molar-refractivity contribution in [2.24, 2.45) is 0 Å². The van der Waals surface area contributed by atoms with Gasteiger partial charge in [0, 0.05) is 0 Å². The number of imide groups is 1. The van der Waals surface area contributed by atoms with Crippen LogP contribution in [0.1, 0.15) is 50.8 Å². The minimum atomic E-state index is -0.671. The zero-order chi connectivity index (χ0) is 20.1. The predicted octanol–water partition coefficient (Wildman–Crippen LogP) is 3.28. The van der Waals surface area contributed by atoms with Crippen LogP contribution in [-0.4, -0.2) is 43.1 Å². The molecular weight excluding hydrogens is 362 g/mol. The highest BCUT2D eigenvalue weighted by Crippen LogP contribution is 2.29. The highest BCUT2D eigenvalue weighted by molar-refractivity contribution is 6.21. The van der Waals surface area contributed by atoms with Gasteiger partial charge in [0.2, 0.25) is 0 Å². The number of ether oxygens (including phenoxy) is 3. The van der Waals surface area contributed by atoms with Crippen LogP contribution in [0.2, 0.25) is 0 Å². The van der Waals surface area contributed by atoms with Crippen LogP contribution in [0, 0.1) is 0 Å². The molecular formula is C21H21NO6. The summed E-state index contributed by atoms with van der Waals surface area (Å²) < 4.78 is 16.1. The van der Waals surface area contributed by atoms with Crippen LogP contribution in [-0.2, 0) is 4.74 Å². The average molecular weight is 383 g/mol. The first-order valence-electron chi connectivity index (χ1n) is 9.00. The van der Waals surface area contributed by atoms with E-state index in [9.17, 15) is 14.4 Å². The summed E-state index contributed by atoms with van der Waals surface area (Å²) in [4.78, 5) is 37.9. The number of methoxy groups -OCH3 is 1. The molecule has 0 N–H and O–H groups in total. The van der Waals surface area contributed by atoms with Crippen LogP contribution in [0.25, 0.3) is 0 Å². The molecule has 7 nitrogen and oxygen atoms in total. The maximum absolute atomic E-state index is 12.4. The average Bonchev–Trinajstić information content (AvgIpc) is 2.97. The van der Waals surface area contributed by atoms with Crippen LogP contribution >= 0.6 is 0 Å². The molecule has 0 unspecified atom stereocenters. The third-order valence-electron chi connectivity index (χ3n) is 4.36. The summed E-state index contributed by atoms with van der Waals surface area (Å²) in [5.74, 6) is -0.689. The van der Waals surface area contributed by atoms with Gasteiger partial charge in [-0.2, -0.15) is 0 Å². The van der Waals surface area contributed by atoms with Crippen LogP contribution in [0.15, 0.2) is 42.5 Å². The van der Waals surface area contributed by atoms with E-state index in [1.165, 1.54) is 13.2 Å². The Labute approximate surface area is 162 Å². The zero-order valence-corrected chi connectivity index (χ0v) is 15.8. The maximum atomic E-state index is 12.4. The van der Waals surface area contributed by atoms with Crippen molar-refractivity contribution in [3.05, 3.63) is 59.2 Å². The summed E-state index contributed by atoms with van der Waals surface area (Å²) >= 11 is 0. The molecule has 0 bridgehead atoms. The molecule has 0 saturated carbocycles. The lowest BCUT2D eigenvalue weighted by Gasteiger charge is -2.15. The molecule has 2 aromatic carbocycles. The molecule has 2 aromatic rings. The summed E-state index contributed by atoms with van der Waals surface area (Å²) in [5, 5.41) is 0. The van der Waals surface area contributed by atoms with Gasteiger partial charge in [0.1, 0.15) is 0 Å². The van der Waals surface area contributed by atoms with Gasteiger partial charge in [-0.25, -0.2) is 9.69 Å². The van der Waals surface area contributed by atoms with E-state index in [0.717, 1.165) is 17.7 Å². The van der Waals surface area contributed by atoms with Gasteiger partial charge in [-0.05, 0) is 36.8 Å². The summed E-state index contributed by atoms with van der Waals surface area (Å²) in [7, 11) is 1.48. The van der Waals surface area contributed by atoms with Crippen molar-refractivity contribution in [3.63, 3.8) is 0 Å². The number of esters is 1. The van der Waals surface area contributed by atoms with E-state index < -0.39 is 24.5 Å². The monoisotopic (exact) mass is 383 g/mol. The molecule has 0 atom stereocenters. The van der Waals surface area contributed by atoms with E-state index >= 15 is 0 Å². The van der Waals surface area contributed by atoms with E-state index in [0.29, 0.717) is 29.2 Å². The second-order valence-electron chi connectivity index (χ2n) is 6.21. The van der Waals surface area contributed by atoms with E-state index in [1.807, 2.05) is 0 Å². The van der Waals surface area contributed by atoms with Crippen LogP contribution in [0.5, 0.6) is 11.5 Å². The number of fused-ring (bicyclic) bond motifs is 1. The molecule has 3 rings (SSSR count). The standard InChI is InChI=1S/C21H21NO6/c1-3-4-11-27-17-10-9-14(12-18(17)26-2)21(25)28-13-22-19(23)15-7-5-6-8-16(15)20(22)24/h5-10,12H,3-4,11,13H2,1-2H3. The Hall–Kier alpha value is -3.35. The number of carbonyl (C=O) groups excluding carboxylic acids is 3. The van der Waals surface area contributed by atoms with Gasteiger partial charge in [0.15, 0.2) is 18.2 Å². The molecule has 1 aliphatic heterocycles. The fourth-order valence-electron chi connectivity index (χ4n) is 2.80. The minimum Gasteiger partial charge on any atom is -0.493 e. The maximum Gasteiger partial charge on any atom is 0.340 e. The number of hydrogen-bond acceptors (Lipinski definition) is 6. The molecule has 0 aliphatic carbocycles. The summed E-state index contributed by atoms with van der Waals surface area (Å²) in [6.07, 6.45) is 1.91. The number of hydrogen-bond donors (Lipinski definition) is 0. The number of unbranched alkanes of at least 4 members (excludes halogenated alkanes) is 1. The van der Waals surface area contributed by atoms with E-state index in [-0.39, 0.29) is 5.56 Å². The van der Waals surface area contributed by atoms with Gasteiger partial charge in [0.25, 0.3) is 11.8 Å². The number of amides is 2. The highest BCUT2D eigenvalue weighted by Gasteiger charge is 2.35. The number of rotatable bonds is 8. The largest absolute Gasteiger partial charge is 0.493 e. The topological polar surface area (TPSA) is 82.1 Å². The van der Waals surface area contributed by atoms with Crippen LogP contribution < -0.4 is 9.47 Å². The molecule has 0 fully saturated rings. The molecule has 0 spiro atoms. The van der Waals surface area contributed by atoms with Crippen molar-refractivity contribution >= 4 is 17.8 Å². The smallest absolute Gasteiger partial charge is 0.340 e. The van der Waals surface area contributed by atoms with Crippen LogP contribution in [0.4, 0.5) is 0 Å². The Bertz CT molecular complexity index is 873. The molecule has 1 heterocycles. The third kappa shape index (κ3) is 3.83. The van der Waals surface area contributed by atoms with Crippen molar-refractivity contribution in [3.8, 4) is 11.5 Å². The van der Waals surface area contributed by atoms with Gasteiger partial charge in [0.05, 0.1) is 30.4 Å². The summed E-state index contributed by atoms with van der Waals surface area (Å²) in [6.45, 7) is 2.16. The number of nitrogens with zero attached hydrogens (tertiary/aromatic N) is 1. The second-order valence-corrected chi connectivity index (χ2v) is 6.21. The van der Waals surface area contributed by atoms with Gasteiger partial charge >= 0.3 is 5.97 Å². The quantitative estimate of drug-likeness (QED) is 0.395. The molecule has 0 radical (unpaired) electrons. The molecule has 2 amide bonds. The molecule has 0 saturated heterocycles. The van der Waals surface area contributed by atoms with Gasteiger partial charge in [-0.1, -0.05) is 25.5 Å².